The predicted molar refractivity (Wildman–Crippen MR) is 99.8 cm³/mol. The molecule has 1 N–H and O–H groups in total. The highest BCUT2D eigenvalue weighted by Crippen LogP contribution is 2.28. The second-order valence-corrected chi connectivity index (χ2v) is 6.18. The normalized spacial score (nSPS) is 10.9. The van der Waals surface area contributed by atoms with E-state index in [4.69, 9.17) is 16.0 Å². The molecule has 0 bridgehead atoms. The van der Waals surface area contributed by atoms with Crippen LogP contribution >= 0.6 is 11.6 Å². The second kappa shape index (κ2) is 7.17. The van der Waals surface area contributed by atoms with E-state index in [1.165, 1.54) is 6.07 Å². The zero-order valence-corrected chi connectivity index (χ0v) is 14.7. The van der Waals surface area contributed by atoms with Crippen LogP contribution in [0.2, 0.25) is 5.15 Å². The lowest BCUT2D eigenvalue weighted by molar-refractivity contribution is 0.0950. The number of benzene rings is 2. The number of nitrogens with one attached hydrogen (secondary N) is 1. The molecule has 0 atom stereocenters. The lowest BCUT2D eigenvalue weighted by Crippen LogP contribution is -2.23. The van der Waals surface area contributed by atoms with E-state index in [9.17, 15) is 9.18 Å². The van der Waals surface area contributed by atoms with Crippen LogP contribution in [0.25, 0.3) is 22.6 Å². The van der Waals surface area contributed by atoms with E-state index in [1.807, 2.05) is 0 Å². The van der Waals surface area contributed by atoms with Crippen LogP contribution in [0.1, 0.15) is 15.9 Å². The van der Waals surface area contributed by atoms with Gasteiger partial charge >= 0.3 is 0 Å². The van der Waals surface area contributed by atoms with E-state index in [-0.39, 0.29) is 23.4 Å². The minimum atomic E-state index is -0.359. The average Bonchev–Trinajstić information content (AvgIpc) is 3.10. The summed E-state index contributed by atoms with van der Waals surface area (Å²) in [6.45, 7) is 0.0961. The fourth-order valence-corrected chi connectivity index (χ4v) is 2.85. The molecule has 0 aliphatic rings. The molecule has 0 aliphatic heterocycles. The topological polar surface area (TPSA) is 68.0 Å². The molecule has 7 heteroatoms. The number of oxazole rings is 1. The van der Waals surface area contributed by atoms with Crippen molar-refractivity contribution < 1.29 is 13.6 Å². The van der Waals surface area contributed by atoms with Gasteiger partial charge in [0.1, 0.15) is 16.5 Å². The Kier molecular flexibility index (Phi) is 4.56. The van der Waals surface area contributed by atoms with Crippen LogP contribution in [-0.2, 0) is 6.54 Å². The maximum atomic E-state index is 13.7. The van der Waals surface area contributed by atoms with Crippen LogP contribution in [0.4, 0.5) is 4.39 Å². The Balaban J connectivity index is 1.57. The van der Waals surface area contributed by atoms with Crippen molar-refractivity contribution >= 4 is 28.6 Å². The summed E-state index contributed by atoms with van der Waals surface area (Å²) in [5.74, 6) is -0.362. The molecule has 2 aromatic heterocycles. The van der Waals surface area contributed by atoms with Gasteiger partial charge in [0.05, 0.1) is 5.56 Å². The third kappa shape index (κ3) is 3.52. The molecule has 0 fully saturated rings. The molecule has 134 valence electrons. The minimum Gasteiger partial charge on any atom is -0.436 e. The molecule has 4 rings (SSSR count). The molecular formula is C20H13ClFN3O2. The van der Waals surface area contributed by atoms with Gasteiger partial charge in [0.25, 0.3) is 5.91 Å². The number of aromatic nitrogens is 2. The number of pyridine rings is 1. The maximum Gasteiger partial charge on any atom is 0.251 e. The van der Waals surface area contributed by atoms with Gasteiger partial charge in [-0.3, -0.25) is 4.79 Å². The van der Waals surface area contributed by atoms with Crippen molar-refractivity contribution in [3.8, 4) is 11.5 Å². The van der Waals surface area contributed by atoms with Crippen molar-refractivity contribution in [2.24, 2.45) is 0 Å². The van der Waals surface area contributed by atoms with Crippen molar-refractivity contribution in [2.45, 2.75) is 6.54 Å². The summed E-state index contributed by atoms with van der Waals surface area (Å²) in [6, 6.07) is 14.7. The molecule has 4 aromatic rings. The maximum absolute atomic E-state index is 13.7. The number of rotatable bonds is 4. The zero-order chi connectivity index (χ0) is 18.8. The monoisotopic (exact) mass is 381 g/mol. The van der Waals surface area contributed by atoms with Gasteiger partial charge in [0.15, 0.2) is 5.58 Å². The lowest BCUT2D eigenvalue weighted by Gasteiger charge is -2.06. The van der Waals surface area contributed by atoms with Crippen molar-refractivity contribution in [2.75, 3.05) is 0 Å². The van der Waals surface area contributed by atoms with Gasteiger partial charge in [-0.1, -0.05) is 29.8 Å². The fraction of sp³-hybridized carbons (Fsp3) is 0.0500. The van der Waals surface area contributed by atoms with Gasteiger partial charge in [-0.2, -0.15) is 0 Å². The Morgan fingerprint density at radius 3 is 2.81 bits per heavy atom. The molecule has 0 aliphatic carbocycles. The first-order valence-corrected chi connectivity index (χ1v) is 8.53. The Morgan fingerprint density at radius 1 is 1.15 bits per heavy atom. The van der Waals surface area contributed by atoms with Crippen molar-refractivity contribution in [3.63, 3.8) is 0 Å². The summed E-state index contributed by atoms with van der Waals surface area (Å²) < 4.78 is 19.4. The second-order valence-electron chi connectivity index (χ2n) is 5.82. The molecule has 27 heavy (non-hydrogen) atoms. The van der Waals surface area contributed by atoms with Crippen LogP contribution in [-0.4, -0.2) is 15.9 Å². The number of nitrogens with zero attached hydrogens (tertiary/aromatic N) is 2. The highest BCUT2D eigenvalue weighted by atomic mass is 35.5. The summed E-state index contributed by atoms with van der Waals surface area (Å²) in [5, 5.41) is 2.98. The lowest BCUT2D eigenvalue weighted by atomic mass is 10.1. The summed E-state index contributed by atoms with van der Waals surface area (Å²) >= 11 is 6.07. The molecule has 2 heterocycles. The first-order chi connectivity index (χ1) is 13.1. The van der Waals surface area contributed by atoms with Crippen LogP contribution in [0.3, 0.4) is 0 Å². The summed E-state index contributed by atoms with van der Waals surface area (Å²) in [7, 11) is 0. The predicted octanol–water partition coefficient (Wildman–Crippen LogP) is 4.61. The molecule has 2 aromatic carbocycles. The molecular weight excluding hydrogens is 369 g/mol. The first-order valence-electron chi connectivity index (χ1n) is 8.15. The number of hydrogen-bond donors (Lipinski definition) is 1. The van der Waals surface area contributed by atoms with Crippen molar-refractivity contribution in [3.05, 3.63) is 82.9 Å². The largest absolute Gasteiger partial charge is 0.436 e. The Morgan fingerprint density at radius 2 is 2.00 bits per heavy atom. The molecule has 5 nitrogen and oxygen atoms in total. The number of carbonyl (C=O) groups excluding carboxylic acids is 1. The SMILES string of the molecule is O=C(NCc1ccccc1F)c1ccc2oc(-c3cccnc3Cl)nc2c1. The van der Waals surface area contributed by atoms with Crippen molar-refractivity contribution in [1.29, 1.82) is 0 Å². The smallest absolute Gasteiger partial charge is 0.251 e. The van der Waals surface area contributed by atoms with E-state index < -0.39 is 0 Å². The van der Waals surface area contributed by atoms with E-state index in [0.29, 0.717) is 33.7 Å². The molecule has 0 radical (unpaired) electrons. The number of hydrogen-bond acceptors (Lipinski definition) is 4. The number of carbonyl (C=O) groups is 1. The molecule has 0 saturated heterocycles. The molecule has 0 spiro atoms. The number of halogens is 2. The van der Waals surface area contributed by atoms with Gasteiger partial charge in [0.2, 0.25) is 5.89 Å². The summed E-state index contributed by atoms with van der Waals surface area (Å²) in [4.78, 5) is 20.8. The van der Waals surface area contributed by atoms with E-state index in [0.717, 1.165) is 0 Å². The summed E-state index contributed by atoms with van der Waals surface area (Å²) in [5.41, 5.74) is 2.43. The van der Waals surface area contributed by atoms with Crippen LogP contribution in [0.15, 0.2) is 65.2 Å². The molecule has 0 saturated carbocycles. The highest BCUT2D eigenvalue weighted by molar-refractivity contribution is 6.31. The number of fused-ring (bicyclic) bond motifs is 1. The number of amides is 1. The Labute approximate surface area is 158 Å². The Hall–Kier alpha value is -3.25. The van der Waals surface area contributed by atoms with E-state index in [2.05, 4.69) is 15.3 Å². The average molecular weight is 382 g/mol. The van der Waals surface area contributed by atoms with E-state index >= 15 is 0 Å². The standard InChI is InChI=1S/C20H13ClFN3O2/c21-18-14(5-3-9-23-18)20-25-16-10-12(7-8-17(16)27-20)19(26)24-11-13-4-1-2-6-15(13)22/h1-10H,11H2,(H,24,26). The van der Waals surface area contributed by atoms with Gasteiger partial charge in [-0.05, 0) is 36.4 Å². The quantitative estimate of drug-likeness (QED) is 0.524. The molecule has 0 unspecified atom stereocenters. The Bertz CT molecular complexity index is 1140. The first kappa shape index (κ1) is 17.2. The van der Waals surface area contributed by atoms with E-state index in [1.54, 1.807) is 54.7 Å². The summed E-state index contributed by atoms with van der Waals surface area (Å²) in [6.07, 6.45) is 1.58. The minimum absolute atomic E-state index is 0.0961. The fourth-order valence-electron chi connectivity index (χ4n) is 2.65. The van der Waals surface area contributed by atoms with Gasteiger partial charge in [-0.15, -0.1) is 0 Å². The third-order valence-corrected chi connectivity index (χ3v) is 4.34. The van der Waals surface area contributed by atoms with Gasteiger partial charge < -0.3 is 9.73 Å². The molecule has 1 amide bonds. The van der Waals surface area contributed by atoms with Gasteiger partial charge in [0, 0.05) is 23.9 Å². The van der Waals surface area contributed by atoms with Crippen LogP contribution in [0, 0.1) is 5.82 Å². The van der Waals surface area contributed by atoms with Crippen LogP contribution in [0.5, 0.6) is 0 Å². The van der Waals surface area contributed by atoms with Gasteiger partial charge in [-0.25, -0.2) is 14.4 Å². The van der Waals surface area contributed by atoms with Crippen molar-refractivity contribution in [1.82, 2.24) is 15.3 Å². The van der Waals surface area contributed by atoms with Crippen LogP contribution < -0.4 is 5.32 Å². The highest BCUT2D eigenvalue weighted by Gasteiger charge is 2.14. The zero-order valence-electron chi connectivity index (χ0n) is 13.9. The third-order valence-electron chi connectivity index (χ3n) is 4.04.